The van der Waals surface area contributed by atoms with E-state index in [0.717, 1.165) is 28.9 Å². The van der Waals surface area contributed by atoms with Gasteiger partial charge in [0, 0.05) is 18.7 Å². The maximum Gasteiger partial charge on any atom is 0.133 e. The summed E-state index contributed by atoms with van der Waals surface area (Å²) in [6, 6.07) is 2.77. The molecule has 1 aromatic heterocycles. The second kappa shape index (κ2) is 4.92. The maximum absolute atomic E-state index is 4.44. The normalized spacial score (nSPS) is 28.9. The van der Waals surface area contributed by atoms with Crippen LogP contribution >= 0.6 is 15.9 Å². The quantitative estimate of drug-likeness (QED) is 0.744. The summed E-state index contributed by atoms with van der Waals surface area (Å²) in [6.45, 7) is 1.16. The van der Waals surface area contributed by atoms with Crippen LogP contribution in [-0.2, 0) is 0 Å². The Bertz CT molecular complexity index is 394. The van der Waals surface area contributed by atoms with Gasteiger partial charge in [0.05, 0.1) is 0 Å². The average molecular weight is 296 g/mol. The van der Waals surface area contributed by atoms with Gasteiger partial charge in [0.25, 0.3) is 0 Å². The molecule has 92 valence electrons. The molecular formula is C13H18BrN3. The number of anilines is 1. The van der Waals surface area contributed by atoms with Gasteiger partial charge in [-0.25, -0.2) is 9.97 Å². The molecule has 2 unspecified atom stereocenters. The van der Waals surface area contributed by atoms with Crippen molar-refractivity contribution in [2.75, 3.05) is 11.4 Å². The lowest BCUT2D eigenvalue weighted by molar-refractivity contribution is 0.242. The zero-order chi connectivity index (χ0) is 11.7. The summed E-state index contributed by atoms with van der Waals surface area (Å²) >= 11 is 3.44. The molecule has 1 aliphatic heterocycles. The summed E-state index contributed by atoms with van der Waals surface area (Å²) in [6.07, 6.45) is 9.92. The van der Waals surface area contributed by atoms with E-state index in [9.17, 15) is 0 Å². The number of piperidine rings is 1. The lowest BCUT2D eigenvalue weighted by Gasteiger charge is -2.44. The van der Waals surface area contributed by atoms with Crippen molar-refractivity contribution in [2.45, 2.75) is 44.6 Å². The van der Waals surface area contributed by atoms with Gasteiger partial charge in [-0.3, -0.25) is 0 Å². The third kappa shape index (κ3) is 2.32. The predicted molar refractivity (Wildman–Crippen MR) is 72.1 cm³/mol. The zero-order valence-electron chi connectivity index (χ0n) is 9.98. The van der Waals surface area contributed by atoms with Gasteiger partial charge in [-0.1, -0.05) is 12.8 Å². The van der Waals surface area contributed by atoms with Gasteiger partial charge in [-0.05, 0) is 47.5 Å². The Morgan fingerprint density at radius 2 is 1.94 bits per heavy atom. The lowest BCUT2D eigenvalue weighted by atomic mass is 9.78. The molecule has 2 aliphatic rings. The summed E-state index contributed by atoms with van der Waals surface area (Å²) in [5, 5.41) is 0. The van der Waals surface area contributed by atoms with Gasteiger partial charge in [-0.15, -0.1) is 0 Å². The van der Waals surface area contributed by atoms with Crippen LogP contribution in [0.1, 0.15) is 38.5 Å². The number of hydrogen-bond acceptors (Lipinski definition) is 3. The van der Waals surface area contributed by atoms with Gasteiger partial charge in [-0.2, -0.15) is 0 Å². The van der Waals surface area contributed by atoms with E-state index in [1.165, 1.54) is 38.5 Å². The van der Waals surface area contributed by atoms with Crippen LogP contribution in [0.2, 0.25) is 0 Å². The number of fused-ring (bicyclic) bond motifs is 1. The number of nitrogens with zero attached hydrogens (tertiary/aromatic N) is 3. The zero-order valence-corrected chi connectivity index (χ0v) is 11.6. The first-order chi connectivity index (χ1) is 8.34. The smallest absolute Gasteiger partial charge is 0.133 e. The highest BCUT2D eigenvalue weighted by atomic mass is 79.9. The minimum absolute atomic E-state index is 0.722. The third-order valence-electron chi connectivity index (χ3n) is 4.16. The first kappa shape index (κ1) is 11.5. The molecule has 0 amide bonds. The molecule has 0 bridgehead atoms. The molecule has 0 radical (unpaired) electrons. The van der Waals surface area contributed by atoms with Crippen molar-refractivity contribution in [2.24, 2.45) is 5.92 Å². The first-order valence-electron chi connectivity index (χ1n) is 6.59. The van der Waals surface area contributed by atoms with Gasteiger partial charge < -0.3 is 4.90 Å². The van der Waals surface area contributed by atoms with Crippen LogP contribution in [-0.4, -0.2) is 22.6 Å². The number of halogens is 1. The fourth-order valence-corrected chi connectivity index (χ4v) is 3.69. The van der Waals surface area contributed by atoms with E-state index in [1.807, 2.05) is 0 Å². The molecule has 0 aromatic carbocycles. The fourth-order valence-electron chi connectivity index (χ4n) is 3.39. The maximum atomic E-state index is 4.44. The summed E-state index contributed by atoms with van der Waals surface area (Å²) < 4.78 is 0.889. The van der Waals surface area contributed by atoms with E-state index in [4.69, 9.17) is 0 Å². The number of rotatable bonds is 1. The summed E-state index contributed by atoms with van der Waals surface area (Å²) in [7, 11) is 0. The molecule has 4 heteroatoms. The van der Waals surface area contributed by atoms with E-state index in [2.05, 4.69) is 36.9 Å². The Kier molecular flexibility index (Phi) is 3.32. The Hall–Kier alpha value is -0.640. The Morgan fingerprint density at radius 3 is 2.82 bits per heavy atom. The molecular weight excluding hydrogens is 278 g/mol. The van der Waals surface area contributed by atoms with Crippen LogP contribution in [0.5, 0.6) is 0 Å². The molecule has 1 saturated carbocycles. The van der Waals surface area contributed by atoms with Crippen molar-refractivity contribution in [3.63, 3.8) is 0 Å². The van der Waals surface area contributed by atoms with E-state index in [1.54, 1.807) is 6.33 Å². The van der Waals surface area contributed by atoms with Gasteiger partial charge in [0.2, 0.25) is 0 Å². The highest BCUT2D eigenvalue weighted by molar-refractivity contribution is 9.10. The Labute approximate surface area is 111 Å². The Balaban J connectivity index is 1.85. The fraction of sp³-hybridized carbons (Fsp3) is 0.692. The third-order valence-corrected chi connectivity index (χ3v) is 4.59. The van der Waals surface area contributed by atoms with Gasteiger partial charge in [0.15, 0.2) is 0 Å². The molecule has 2 atom stereocenters. The second-order valence-corrected chi connectivity index (χ2v) is 5.96. The average Bonchev–Trinajstić information content (AvgIpc) is 2.38. The first-order valence-corrected chi connectivity index (χ1v) is 7.38. The number of aromatic nitrogens is 2. The van der Waals surface area contributed by atoms with Gasteiger partial charge in [0.1, 0.15) is 16.7 Å². The second-order valence-electron chi connectivity index (χ2n) is 5.15. The molecule has 1 saturated heterocycles. The van der Waals surface area contributed by atoms with Gasteiger partial charge >= 0.3 is 0 Å². The summed E-state index contributed by atoms with van der Waals surface area (Å²) in [5.74, 6) is 2.00. The van der Waals surface area contributed by atoms with Crippen LogP contribution in [0.15, 0.2) is 17.0 Å². The summed E-state index contributed by atoms with van der Waals surface area (Å²) in [4.78, 5) is 11.1. The van der Waals surface area contributed by atoms with E-state index >= 15 is 0 Å². The SMILES string of the molecule is Brc1cc(N2CCCC3CCCCC32)ncn1. The lowest BCUT2D eigenvalue weighted by Crippen LogP contribution is -2.47. The van der Waals surface area contributed by atoms with E-state index in [0.29, 0.717) is 0 Å². The van der Waals surface area contributed by atoms with Crippen molar-refractivity contribution in [1.29, 1.82) is 0 Å². The topological polar surface area (TPSA) is 29.0 Å². The Morgan fingerprint density at radius 1 is 1.12 bits per heavy atom. The minimum Gasteiger partial charge on any atom is -0.353 e. The van der Waals surface area contributed by atoms with E-state index < -0.39 is 0 Å². The molecule has 0 spiro atoms. The molecule has 3 nitrogen and oxygen atoms in total. The van der Waals surface area contributed by atoms with Crippen LogP contribution in [0.3, 0.4) is 0 Å². The van der Waals surface area contributed by atoms with Crippen molar-refractivity contribution >= 4 is 21.7 Å². The molecule has 1 aliphatic carbocycles. The predicted octanol–water partition coefficient (Wildman–Crippen LogP) is 3.40. The van der Waals surface area contributed by atoms with Crippen LogP contribution in [0.4, 0.5) is 5.82 Å². The molecule has 0 N–H and O–H groups in total. The summed E-state index contributed by atoms with van der Waals surface area (Å²) in [5.41, 5.74) is 0. The van der Waals surface area contributed by atoms with Crippen molar-refractivity contribution in [3.8, 4) is 0 Å². The van der Waals surface area contributed by atoms with Crippen LogP contribution < -0.4 is 4.90 Å². The minimum atomic E-state index is 0.722. The molecule has 3 rings (SSSR count). The molecule has 2 fully saturated rings. The van der Waals surface area contributed by atoms with Crippen LogP contribution in [0.25, 0.3) is 0 Å². The molecule has 1 aromatic rings. The molecule has 2 heterocycles. The van der Waals surface area contributed by atoms with Crippen LogP contribution in [0, 0.1) is 5.92 Å². The van der Waals surface area contributed by atoms with E-state index in [-0.39, 0.29) is 0 Å². The highest BCUT2D eigenvalue weighted by Gasteiger charge is 2.33. The van der Waals surface area contributed by atoms with Crippen molar-refractivity contribution in [3.05, 3.63) is 17.0 Å². The monoisotopic (exact) mass is 295 g/mol. The number of hydrogen-bond donors (Lipinski definition) is 0. The van der Waals surface area contributed by atoms with Crippen molar-refractivity contribution < 1.29 is 0 Å². The largest absolute Gasteiger partial charge is 0.353 e. The standard InChI is InChI=1S/C13H18BrN3/c14-12-8-13(16-9-15-12)17-7-3-5-10-4-1-2-6-11(10)17/h8-11H,1-7H2. The highest BCUT2D eigenvalue weighted by Crippen LogP contribution is 2.37. The molecule has 17 heavy (non-hydrogen) atoms. The van der Waals surface area contributed by atoms with Crippen molar-refractivity contribution in [1.82, 2.24) is 9.97 Å².